The van der Waals surface area contributed by atoms with Gasteiger partial charge in [-0.2, -0.15) is 0 Å². The first-order valence-electron chi connectivity index (χ1n) is 6.99. The molecule has 0 unspecified atom stereocenters. The number of anilines is 2. The van der Waals surface area contributed by atoms with Crippen LogP contribution in [-0.2, 0) is 5.75 Å². The number of nitrogens with one attached hydrogen (secondary N) is 1. The van der Waals surface area contributed by atoms with Crippen molar-refractivity contribution in [2.75, 3.05) is 17.6 Å². The molecule has 9 heteroatoms. The van der Waals surface area contributed by atoms with Gasteiger partial charge in [0.15, 0.2) is 22.1 Å². The van der Waals surface area contributed by atoms with Crippen molar-refractivity contribution >= 4 is 45.9 Å². The summed E-state index contributed by atoms with van der Waals surface area (Å²) in [5, 5.41) is 15.2. The second kappa shape index (κ2) is 7.07. The molecule has 23 heavy (non-hydrogen) atoms. The lowest BCUT2D eigenvalue weighted by Crippen LogP contribution is -2.17. The summed E-state index contributed by atoms with van der Waals surface area (Å²) in [6.07, 6.45) is 0.974. The van der Waals surface area contributed by atoms with E-state index in [9.17, 15) is 5.11 Å². The van der Waals surface area contributed by atoms with Crippen LogP contribution in [0.3, 0.4) is 0 Å². The fourth-order valence-electron chi connectivity index (χ4n) is 1.86. The minimum atomic E-state index is -0.496. The zero-order chi connectivity index (χ0) is 16.2. The number of fused-ring (bicyclic) bond motifs is 1. The average Bonchev–Trinajstić information content (AvgIpc) is 3.03. The summed E-state index contributed by atoms with van der Waals surface area (Å²) in [7, 11) is 0. The Kier molecular flexibility index (Phi) is 4.89. The molecule has 0 saturated carbocycles. The Labute approximate surface area is 141 Å². The summed E-state index contributed by atoms with van der Waals surface area (Å²) in [6, 6.07) is 4.09. The topological polar surface area (TPSA) is 110 Å². The third-order valence-corrected chi connectivity index (χ3v) is 4.85. The lowest BCUT2D eigenvalue weighted by atomic mass is 10.4. The molecule has 0 aromatic carbocycles. The Bertz CT molecular complexity index is 793. The molecule has 3 aromatic heterocycles. The molecule has 0 aliphatic rings. The first-order chi connectivity index (χ1) is 11.1. The van der Waals surface area contributed by atoms with Gasteiger partial charge in [0.25, 0.3) is 0 Å². The number of hydrogen-bond donors (Lipinski definition) is 3. The van der Waals surface area contributed by atoms with Crippen LogP contribution in [0, 0.1) is 0 Å². The van der Waals surface area contributed by atoms with Crippen LogP contribution in [0.1, 0.15) is 11.8 Å². The summed E-state index contributed by atoms with van der Waals surface area (Å²) in [5.41, 5.74) is 6.69. The monoisotopic (exact) mass is 348 g/mol. The quantitative estimate of drug-likeness (QED) is 0.459. The van der Waals surface area contributed by atoms with Crippen molar-refractivity contribution in [3.05, 3.63) is 28.6 Å². The number of aliphatic hydroxyl groups excluding tert-OH is 1. The second-order valence-corrected chi connectivity index (χ2v) is 6.89. The van der Waals surface area contributed by atoms with Crippen LogP contribution < -0.4 is 11.1 Å². The van der Waals surface area contributed by atoms with E-state index in [0.29, 0.717) is 34.5 Å². The van der Waals surface area contributed by atoms with E-state index in [0.717, 1.165) is 5.75 Å². The summed E-state index contributed by atoms with van der Waals surface area (Å²) in [6.45, 7) is 2.07. The Balaban J connectivity index is 1.90. The van der Waals surface area contributed by atoms with Crippen molar-refractivity contribution in [3.8, 4) is 0 Å². The second-order valence-electron chi connectivity index (χ2n) is 4.92. The van der Waals surface area contributed by atoms with Gasteiger partial charge in [0.2, 0.25) is 0 Å². The molecule has 4 N–H and O–H groups in total. The minimum Gasteiger partial charge on any atom is -0.392 e. The van der Waals surface area contributed by atoms with E-state index >= 15 is 0 Å². The smallest absolute Gasteiger partial charge is 0.192 e. The fraction of sp³-hybridized carbons (Fsp3) is 0.286. The van der Waals surface area contributed by atoms with Gasteiger partial charge < -0.3 is 16.2 Å². The van der Waals surface area contributed by atoms with Crippen molar-refractivity contribution in [2.24, 2.45) is 0 Å². The molecule has 120 valence electrons. The maximum Gasteiger partial charge on any atom is 0.192 e. The van der Waals surface area contributed by atoms with Crippen LogP contribution in [0.25, 0.3) is 11.2 Å². The molecule has 0 aliphatic heterocycles. The molecular formula is C14H16N6OS2. The van der Waals surface area contributed by atoms with Gasteiger partial charge in [-0.15, -0.1) is 11.3 Å². The van der Waals surface area contributed by atoms with Gasteiger partial charge in [0.05, 0.1) is 12.3 Å². The van der Waals surface area contributed by atoms with Crippen molar-refractivity contribution in [2.45, 2.75) is 23.9 Å². The molecule has 0 amide bonds. The summed E-state index contributed by atoms with van der Waals surface area (Å²) < 4.78 is 0. The molecule has 0 saturated heterocycles. The maximum atomic E-state index is 9.46. The van der Waals surface area contributed by atoms with Crippen molar-refractivity contribution in [1.29, 1.82) is 0 Å². The number of thioether (sulfide) groups is 1. The first-order valence-corrected chi connectivity index (χ1v) is 8.85. The van der Waals surface area contributed by atoms with Gasteiger partial charge in [-0.25, -0.2) is 19.9 Å². The van der Waals surface area contributed by atoms with Crippen LogP contribution >= 0.6 is 23.1 Å². The highest BCUT2D eigenvalue weighted by Gasteiger charge is 2.12. The molecule has 3 heterocycles. The van der Waals surface area contributed by atoms with Gasteiger partial charge >= 0.3 is 0 Å². The molecule has 1 atom stereocenters. The third kappa shape index (κ3) is 4.06. The van der Waals surface area contributed by atoms with Crippen molar-refractivity contribution in [1.82, 2.24) is 19.9 Å². The van der Waals surface area contributed by atoms with E-state index < -0.39 is 6.10 Å². The molecule has 0 spiro atoms. The normalized spacial score (nSPS) is 12.4. The van der Waals surface area contributed by atoms with E-state index in [-0.39, 0.29) is 0 Å². The molecular weight excluding hydrogens is 332 g/mol. The van der Waals surface area contributed by atoms with Crippen LogP contribution in [0.2, 0.25) is 0 Å². The Morgan fingerprint density at radius 2 is 2.26 bits per heavy atom. The number of aliphatic hydroxyl groups is 1. The Morgan fingerprint density at radius 3 is 3.00 bits per heavy atom. The Hall–Kier alpha value is -1.97. The van der Waals surface area contributed by atoms with Gasteiger partial charge in [0.1, 0.15) is 5.82 Å². The highest BCUT2D eigenvalue weighted by Crippen LogP contribution is 2.26. The van der Waals surface area contributed by atoms with E-state index in [1.54, 1.807) is 18.3 Å². The number of nitrogen functional groups attached to an aromatic ring is 1. The molecule has 0 bridgehead atoms. The Morgan fingerprint density at radius 1 is 1.39 bits per heavy atom. The van der Waals surface area contributed by atoms with Crippen molar-refractivity contribution in [3.63, 3.8) is 0 Å². The molecule has 3 rings (SSSR count). The van der Waals surface area contributed by atoms with Crippen LogP contribution in [0.15, 0.2) is 28.9 Å². The molecule has 0 fully saturated rings. The SMILES string of the molecule is C[C@@H](O)CNc1nc(SCc2cccs2)nc2nc(N)cnc12. The summed E-state index contributed by atoms with van der Waals surface area (Å²) >= 11 is 3.22. The highest BCUT2D eigenvalue weighted by atomic mass is 32.2. The standard InChI is InChI=1S/C14H16N6OS2/c1-8(21)5-17-12-11-13(18-10(15)6-16-11)20-14(19-12)23-7-9-3-2-4-22-9/h2-4,6,8,21H,5,7H2,1H3,(H3,15,17,18,19,20)/t8-/m1/s1. The number of nitrogens with two attached hydrogens (primary N) is 1. The predicted octanol–water partition coefficient (Wildman–Crippen LogP) is 2.15. The number of aromatic nitrogens is 4. The zero-order valence-electron chi connectivity index (χ0n) is 12.4. The van der Waals surface area contributed by atoms with Crippen LogP contribution in [-0.4, -0.2) is 37.7 Å². The fourth-order valence-corrected chi connectivity index (χ4v) is 3.48. The third-order valence-electron chi connectivity index (χ3n) is 2.89. The van der Waals surface area contributed by atoms with E-state index in [1.807, 2.05) is 11.4 Å². The van der Waals surface area contributed by atoms with Crippen molar-refractivity contribution < 1.29 is 5.11 Å². The molecule has 0 radical (unpaired) electrons. The average molecular weight is 348 g/mol. The maximum absolute atomic E-state index is 9.46. The zero-order valence-corrected chi connectivity index (χ0v) is 14.1. The van der Waals surface area contributed by atoms with E-state index in [2.05, 4.69) is 31.3 Å². The number of rotatable bonds is 6. The van der Waals surface area contributed by atoms with Crippen LogP contribution in [0.5, 0.6) is 0 Å². The van der Waals surface area contributed by atoms with Gasteiger partial charge in [-0.3, -0.25) is 0 Å². The highest BCUT2D eigenvalue weighted by molar-refractivity contribution is 7.98. The number of thiophene rings is 1. The summed E-state index contributed by atoms with van der Waals surface area (Å²) in [5.74, 6) is 1.65. The van der Waals surface area contributed by atoms with E-state index in [1.165, 1.54) is 22.8 Å². The molecule has 7 nitrogen and oxygen atoms in total. The predicted molar refractivity (Wildman–Crippen MR) is 93.6 cm³/mol. The van der Waals surface area contributed by atoms with Crippen LogP contribution in [0.4, 0.5) is 11.6 Å². The molecule has 3 aromatic rings. The largest absolute Gasteiger partial charge is 0.392 e. The van der Waals surface area contributed by atoms with E-state index in [4.69, 9.17) is 5.73 Å². The minimum absolute atomic E-state index is 0.312. The number of hydrogen-bond acceptors (Lipinski definition) is 9. The summed E-state index contributed by atoms with van der Waals surface area (Å²) in [4.78, 5) is 18.6. The first kappa shape index (κ1) is 15.9. The van der Waals surface area contributed by atoms with Gasteiger partial charge in [0, 0.05) is 17.2 Å². The van der Waals surface area contributed by atoms with Gasteiger partial charge in [-0.05, 0) is 18.4 Å². The lowest BCUT2D eigenvalue weighted by molar-refractivity contribution is 0.208. The lowest BCUT2D eigenvalue weighted by Gasteiger charge is -2.10. The van der Waals surface area contributed by atoms with Gasteiger partial charge in [-0.1, -0.05) is 17.8 Å². The molecule has 0 aliphatic carbocycles. The number of nitrogens with zero attached hydrogens (tertiary/aromatic N) is 4.